The summed E-state index contributed by atoms with van der Waals surface area (Å²) in [6, 6.07) is 0. The van der Waals surface area contributed by atoms with Gasteiger partial charge in [-0.2, -0.15) is 30.7 Å². The van der Waals surface area contributed by atoms with Crippen molar-refractivity contribution in [1.82, 2.24) is 0 Å². The highest BCUT2D eigenvalue weighted by molar-refractivity contribution is 5.93. The van der Waals surface area contributed by atoms with Gasteiger partial charge in [0.15, 0.2) is 0 Å². The molecule has 2 nitrogen and oxygen atoms in total. The Morgan fingerprint density at radius 1 is 1.06 bits per heavy atom. The van der Waals surface area contributed by atoms with Gasteiger partial charge in [0.1, 0.15) is 6.42 Å². The zero-order chi connectivity index (χ0) is 13.4. The van der Waals surface area contributed by atoms with Crippen molar-refractivity contribution in [2.45, 2.75) is 24.4 Å². The molecule has 94 valence electrons. The number of alkyl halides is 7. The van der Waals surface area contributed by atoms with Gasteiger partial charge in [-0.1, -0.05) is 6.58 Å². The fourth-order valence-electron chi connectivity index (χ4n) is 0.738. The Morgan fingerprint density at radius 3 is 1.69 bits per heavy atom. The lowest BCUT2D eigenvalue weighted by atomic mass is 10.0. The van der Waals surface area contributed by atoms with E-state index >= 15 is 0 Å². The molecule has 0 aromatic rings. The minimum atomic E-state index is -5.51. The molecule has 1 amide bonds. The van der Waals surface area contributed by atoms with Gasteiger partial charge >= 0.3 is 18.0 Å². The molecule has 0 saturated heterocycles. The predicted molar refractivity (Wildman–Crippen MR) is 38.9 cm³/mol. The average molecular weight is 253 g/mol. The molecular formula is C7H6F7NO. The maximum absolute atomic E-state index is 12.7. The zero-order valence-electron chi connectivity index (χ0n) is 7.55. The molecule has 0 aromatic heterocycles. The van der Waals surface area contributed by atoms with Gasteiger partial charge in [-0.3, -0.25) is 4.79 Å². The second-order valence-electron chi connectivity index (χ2n) is 2.91. The number of hydrogen-bond donors (Lipinski definition) is 1. The number of amides is 1. The van der Waals surface area contributed by atoms with Crippen LogP contribution in [0.3, 0.4) is 0 Å². The van der Waals surface area contributed by atoms with Crippen LogP contribution in [-0.2, 0) is 4.79 Å². The number of nitrogens with two attached hydrogens (primary N) is 1. The SMILES string of the molecule is C=C(C(N)=O)C(F)(F)C(F)(F)CC(F)(F)F. The monoisotopic (exact) mass is 253 g/mol. The second kappa shape index (κ2) is 3.95. The topological polar surface area (TPSA) is 43.1 Å². The smallest absolute Gasteiger partial charge is 0.366 e. The van der Waals surface area contributed by atoms with E-state index in [0.717, 1.165) is 0 Å². The van der Waals surface area contributed by atoms with Gasteiger partial charge in [-0.05, 0) is 0 Å². The molecule has 0 saturated carbocycles. The van der Waals surface area contributed by atoms with Crippen molar-refractivity contribution in [1.29, 1.82) is 0 Å². The molecule has 9 heteroatoms. The van der Waals surface area contributed by atoms with Crippen LogP contribution in [0.5, 0.6) is 0 Å². The standard InChI is InChI=1S/C7H6F7NO/c1-3(4(15)16)7(13,14)5(8,9)2-6(10,11)12/h1-2H2,(H2,15,16). The fourth-order valence-corrected chi connectivity index (χ4v) is 0.738. The van der Waals surface area contributed by atoms with Gasteiger partial charge in [0, 0.05) is 0 Å². The van der Waals surface area contributed by atoms with Gasteiger partial charge in [0.05, 0.1) is 5.57 Å². The number of rotatable bonds is 4. The molecule has 0 heterocycles. The summed E-state index contributed by atoms with van der Waals surface area (Å²) < 4.78 is 85.4. The lowest BCUT2D eigenvalue weighted by Crippen LogP contribution is -2.47. The minimum Gasteiger partial charge on any atom is -0.366 e. The molecule has 0 rings (SSSR count). The fraction of sp³-hybridized carbons (Fsp3) is 0.571. The summed E-state index contributed by atoms with van der Waals surface area (Å²) >= 11 is 0. The van der Waals surface area contributed by atoms with E-state index in [0.29, 0.717) is 0 Å². The van der Waals surface area contributed by atoms with Crippen LogP contribution in [-0.4, -0.2) is 23.9 Å². The van der Waals surface area contributed by atoms with Crippen molar-refractivity contribution < 1.29 is 35.5 Å². The van der Waals surface area contributed by atoms with Crippen LogP contribution in [0.2, 0.25) is 0 Å². The summed E-state index contributed by atoms with van der Waals surface area (Å²) in [6.07, 6.45) is -8.58. The highest BCUT2D eigenvalue weighted by Crippen LogP contribution is 2.45. The Labute approximate surface area is 84.9 Å². The van der Waals surface area contributed by atoms with Gasteiger partial charge in [-0.15, -0.1) is 0 Å². The van der Waals surface area contributed by atoms with E-state index in [4.69, 9.17) is 0 Å². The Morgan fingerprint density at radius 2 is 1.44 bits per heavy atom. The third-order valence-corrected chi connectivity index (χ3v) is 1.56. The lowest BCUT2D eigenvalue weighted by Gasteiger charge is -2.27. The van der Waals surface area contributed by atoms with E-state index in [1.165, 1.54) is 0 Å². The molecule has 0 bridgehead atoms. The van der Waals surface area contributed by atoms with E-state index < -0.39 is 35.9 Å². The number of primary amides is 1. The van der Waals surface area contributed by atoms with Crippen molar-refractivity contribution in [3.05, 3.63) is 12.2 Å². The van der Waals surface area contributed by atoms with E-state index in [1.807, 2.05) is 0 Å². The molecule has 2 N–H and O–H groups in total. The Kier molecular flexibility index (Phi) is 3.63. The van der Waals surface area contributed by atoms with Crippen molar-refractivity contribution in [2.75, 3.05) is 0 Å². The summed E-state index contributed by atoms with van der Waals surface area (Å²) in [7, 11) is 0. The minimum absolute atomic E-state index is 1.99. The molecule has 0 spiro atoms. The zero-order valence-corrected chi connectivity index (χ0v) is 7.55. The first-order valence-corrected chi connectivity index (χ1v) is 3.63. The van der Waals surface area contributed by atoms with Gasteiger partial charge in [0.25, 0.3) is 0 Å². The Bertz CT molecular complexity index is 306. The summed E-state index contributed by atoms with van der Waals surface area (Å²) in [5.41, 5.74) is 2.18. The van der Waals surface area contributed by atoms with Crippen LogP contribution >= 0.6 is 0 Å². The highest BCUT2D eigenvalue weighted by Gasteiger charge is 2.63. The van der Waals surface area contributed by atoms with Crippen molar-refractivity contribution in [3.8, 4) is 0 Å². The van der Waals surface area contributed by atoms with E-state index in [9.17, 15) is 35.5 Å². The summed E-state index contributed by atoms with van der Waals surface area (Å²) in [5.74, 6) is -12.8. The predicted octanol–water partition coefficient (Wildman–Crippen LogP) is 2.25. The van der Waals surface area contributed by atoms with Crippen molar-refractivity contribution in [3.63, 3.8) is 0 Å². The van der Waals surface area contributed by atoms with Crippen LogP contribution in [0.15, 0.2) is 12.2 Å². The third-order valence-electron chi connectivity index (χ3n) is 1.56. The number of hydrogen-bond acceptors (Lipinski definition) is 1. The quantitative estimate of drug-likeness (QED) is 0.606. The molecule has 0 aliphatic rings. The summed E-state index contributed by atoms with van der Waals surface area (Å²) in [6.45, 7) is 2.25. The molecule has 0 aromatic carbocycles. The maximum Gasteiger partial charge on any atom is 0.395 e. The molecule has 0 unspecified atom stereocenters. The third kappa shape index (κ3) is 3.11. The van der Waals surface area contributed by atoms with Gasteiger partial charge in [-0.25, -0.2) is 0 Å². The largest absolute Gasteiger partial charge is 0.395 e. The number of halogens is 7. The van der Waals surface area contributed by atoms with Crippen LogP contribution in [0.1, 0.15) is 6.42 Å². The Hall–Kier alpha value is -1.28. The first-order valence-electron chi connectivity index (χ1n) is 3.63. The van der Waals surface area contributed by atoms with E-state index in [2.05, 4.69) is 12.3 Å². The van der Waals surface area contributed by atoms with Crippen LogP contribution < -0.4 is 5.73 Å². The van der Waals surface area contributed by atoms with Crippen molar-refractivity contribution in [2.24, 2.45) is 5.73 Å². The maximum atomic E-state index is 12.7. The van der Waals surface area contributed by atoms with Crippen LogP contribution in [0.4, 0.5) is 30.7 Å². The highest BCUT2D eigenvalue weighted by atomic mass is 19.4. The van der Waals surface area contributed by atoms with Gasteiger partial charge in [0.2, 0.25) is 5.91 Å². The first-order chi connectivity index (χ1) is 6.81. The molecule has 0 aliphatic heterocycles. The van der Waals surface area contributed by atoms with E-state index in [-0.39, 0.29) is 0 Å². The summed E-state index contributed by atoms with van der Waals surface area (Å²) in [4.78, 5) is 10.2. The summed E-state index contributed by atoms with van der Waals surface area (Å²) in [5, 5.41) is 0. The average Bonchev–Trinajstić information content (AvgIpc) is 1.97. The second-order valence-corrected chi connectivity index (χ2v) is 2.91. The molecule has 0 radical (unpaired) electrons. The van der Waals surface area contributed by atoms with Crippen molar-refractivity contribution >= 4 is 5.91 Å². The van der Waals surface area contributed by atoms with E-state index in [1.54, 1.807) is 0 Å². The first kappa shape index (κ1) is 14.7. The van der Waals surface area contributed by atoms with Crippen LogP contribution in [0, 0.1) is 0 Å². The van der Waals surface area contributed by atoms with Gasteiger partial charge < -0.3 is 5.73 Å². The normalized spacial score (nSPS) is 13.7. The molecule has 16 heavy (non-hydrogen) atoms. The number of carbonyl (C=O) groups is 1. The Balaban J connectivity index is 5.13. The number of carbonyl (C=O) groups excluding carboxylic acids is 1. The molecule has 0 atom stereocenters. The lowest BCUT2D eigenvalue weighted by molar-refractivity contribution is -0.250. The molecular weight excluding hydrogens is 247 g/mol. The van der Waals surface area contributed by atoms with Crippen LogP contribution in [0.25, 0.3) is 0 Å². The molecule has 0 aliphatic carbocycles. The molecule has 0 fully saturated rings.